The van der Waals surface area contributed by atoms with E-state index in [4.69, 9.17) is 11.2 Å². The molecule has 0 radical (unpaired) electrons. The standard InChI is InChI=1S/C28H60ClP/c1-5-9-13-17-18-19-20-24-28-30(29,25-21-14-10-6-2,26-22-15-11-7-3)27-23-16-12-8-4/h5-28H2,1-4H3. The van der Waals surface area contributed by atoms with Crippen molar-refractivity contribution in [3.8, 4) is 0 Å². The normalized spacial score (nSPS) is 13.4. The molecule has 0 atom stereocenters. The van der Waals surface area contributed by atoms with Crippen molar-refractivity contribution in [1.29, 1.82) is 0 Å². The molecule has 0 aromatic carbocycles. The molecule has 0 unspecified atom stereocenters. The zero-order chi connectivity index (χ0) is 22.4. The minimum atomic E-state index is -2.05. The van der Waals surface area contributed by atoms with E-state index in [1.165, 1.54) is 153 Å². The van der Waals surface area contributed by atoms with Gasteiger partial charge in [-0.05, 0) is 0 Å². The van der Waals surface area contributed by atoms with Crippen LogP contribution >= 0.6 is 17.2 Å². The average molecular weight is 463 g/mol. The van der Waals surface area contributed by atoms with Gasteiger partial charge in [0.05, 0.1) is 0 Å². The van der Waals surface area contributed by atoms with E-state index in [2.05, 4.69) is 27.7 Å². The number of hydrogen-bond donors (Lipinski definition) is 0. The van der Waals surface area contributed by atoms with E-state index < -0.39 is 5.96 Å². The second kappa shape index (κ2) is 20.3. The molecule has 0 saturated heterocycles. The first-order valence-electron chi connectivity index (χ1n) is 14.3. The molecule has 0 nitrogen and oxygen atoms in total. The van der Waals surface area contributed by atoms with Gasteiger partial charge in [0.1, 0.15) is 0 Å². The summed E-state index contributed by atoms with van der Waals surface area (Å²) in [6.45, 7) is 9.30. The quantitative estimate of drug-likeness (QED) is 0.0987. The van der Waals surface area contributed by atoms with E-state index in [0.29, 0.717) is 0 Å². The third-order valence-electron chi connectivity index (χ3n) is 7.28. The fourth-order valence-corrected chi connectivity index (χ4v) is 11.9. The van der Waals surface area contributed by atoms with Crippen molar-refractivity contribution < 1.29 is 0 Å². The number of unbranched alkanes of at least 4 members (excludes halogenated alkanes) is 16. The van der Waals surface area contributed by atoms with E-state index in [1.54, 1.807) is 0 Å². The second-order valence-corrected chi connectivity index (χ2v) is 18.7. The van der Waals surface area contributed by atoms with Gasteiger partial charge in [-0.1, -0.05) is 0 Å². The molecule has 0 aliphatic rings. The molecule has 0 aromatic heterocycles. The van der Waals surface area contributed by atoms with Gasteiger partial charge < -0.3 is 0 Å². The van der Waals surface area contributed by atoms with Crippen molar-refractivity contribution in [3.05, 3.63) is 0 Å². The molecule has 2 heteroatoms. The molecular weight excluding hydrogens is 403 g/mol. The summed E-state index contributed by atoms with van der Waals surface area (Å²) in [4.78, 5) is 0. The summed E-state index contributed by atoms with van der Waals surface area (Å²) in [6.07, 6.45) is 33.6. The molecule has 30 heavy (non-hydrogen) atoms. The first kappa shape index (κ1) is 30.7. The monoisotopic (exact) mass is 462 g/mol. The van der Waals surface area contributed by atoms with Crippen LogP contribution in [-0.4, -0.2) is 24.6 Å². The molecule has 0 saturated carbocycles. The first-order chi connectivity index (χ1) is 14.5. The van der Waals surface area contributed by atoms with Crippen LogP contribution in [0.15, 0.2) is 0 Å². The Morgan fingerprint density at radius 1 is 0.333 bits per heavy atom. The van der Waals surface area contributed by atoms with Crippen LogP contribution in [0.25, 0.3) is 0 Å². The van der Waals surface area contributed by atoms with Crippen molar-refractivity contribution in [2.75, 3.05) is 24.6 Å². The van der Waals surface area contributed by atoms with Crippen LogP contribution in [0.5, 0.6) is 0 Å². The Morgan fingerprint density at radius 3 is 0.800 bits per heavy atom. The molecule has 0 spiro atoms. The fraction of sp³-hybridized carbons (Fsp3) is 1.00. The Morgan fingerprint density at radius 2 is 0.533 bits per heavy atom. The summed E-state index contributed by atoms with van der Waals surface area (Å²) < 4.78 is 0. The van der Waals surface area contributed by atoms with Crippen LogP contribution < -0.4 is 0 Å². The third-order valence-corrected chi connectivity index (χ3v) is 15.0. The molecule has 0 N–H and O–H groups in total. The maximum atomic E-state index is 7.95. The molecule has 0 aromatic rings. The molecule has 0 amide bonds. The molecule has 0 aliphatic carbocycles. The van der Waals surface area contributed by atoms with Crippen molar-refractivity contribution >= 4 is 17.2 Å². The molecule has 0 heterocycles. The Hall–Kier alpha value is 0.720. The van der Waals surface area contributed by atoms with Gasteiger partial charge in [0, 0.05) is 0 Å². The van der Waals surface area contributed by atoms with Crippen LogP contribution in [0, 0.1) is 0 Å². The topological polar surface area (TPSA) is 0 Å². The summed E-state index contributed by atoms with van der Waals surface area (Å²) in [5, 5.41) is 0. The van der Waals surface area contributed by atoms with E-state index in [1.807, 2.05) is 0 Å². The fourth-order valence-electron chi connectivity index (χ4n) is 5.11. The van der Waals surface area contributed by atoms with Crippen LogP contribution in [-0.2, 0) is 0 Å². The summed E-state index contributed by atoms with van der Waals surface area (Å²) >= 11 is 7.95. The zero-order valence-corrected chi connectivity index (χ0v) is 23.4. The van der Waals surface area contributed by atoms with Gasteiger partial charge in [0.25, 0.3) is 0 Å². The van der Waals surface area contributed by atoms with Crippen molar-refractivity contribution in [2.24, 2.45) is 0 Å². The molecule has 184 valence electrons. The van der Waals surface area contributed by atoms with Crippen LogP contribution in [0.1, 0.15) is 156 Å². The number of halogens is 1. The summed E-state index contributed by atoms with van der Waals surface area (Å²) in [6, 6.07) is 0. The Balaban J connectivity index is 4.82. The predicted molar refractivity (Wildman–Crippen MR) is 147 cm³/mol. The zero-order valence-electron chi connectivity index (χ0n) is 21.8. The first-order valence-corrected chi connectivity index (χ1v) is 18.1. The summed E-state index contributed by atoms with van der Waals surface area (Å²) in [5.41, 5.74) is 0. The van der Waals surface area contributed by atoms with Gasteiger partial charge in [0.2, 0.25) is 0 Å². The molecule has 0 fully saturated rings. The van der Waals surface area contributed by atoms with Gasteiger partial charge >= 0.3 is 198 Å². The van der Waals surface area contributed by atoms with Crippen molar-refractivity contribution in [3.63, 3.8) is 0 Å². The van der Waals surface area contributed by atoms with Crippen LogP contribution in [0.3, 0.4) is 0 Å². The van der Waals surface area contributed by atoms with E-state index in [0.717, 1.165) is 0 Å². The van der Waals surface area contributed by atoms with Crippen LogP contribution in [0.4, 0.5) is 0 Å². The van der Waals surface area contributed by atoms with Gasteiger partial charge in [-0.25, -0.2) is 0 Å². The maximum absolute atomic E-state index is 7.95. The Kier molecular flexibility index (Phi) is 20.8. The number of rotatable bonds is 24. The van der Waals surface area contributed by atoms with Crippen molar-refractivity contribution in [1.82, 2.24) is 0 Å². The summed E-state index contributed by atoms with van der Waals surface area (Å²) in [7, 11) is 0. The molecule has 0 rings (SSSR count). The van der Waals surface area contributed by atoms with Crippen molar-refractivity contribution in [2.45, 2.75) is 156 Å². The number of hydrogen-bond acceptors (Lipinski definition) is 0. The molecule has 0 bridgehead atoms. The van der Waals surface area contributed by atoms with Gasteiger partial charge in [0.15, 0.2) is 0 Å². The van der Waals surface area contributed by atoms with E-state index in [-0.39, 0.29) is 0 Å². The average Bonchev–Trinajstić information content (AvgIpc) is 2.74. The van der Waals surface area contributed by atoms with Gasteiger partial charge in [-0.15, -0.1) is 0 Å². The second-order valence-electron chi connectivity index (χ2n) is 10.4. The van der Waals surface area contributed by atoms with Gasteiger partial charge in [-0.2, -0.15) is 0 Å². The SMILES string of the molecule is CCCCCCCCCCP(Cl)(CCCCCC)(CCCCCC)CCCCCC. The van der Waals surface area contributed by atoms with E-state index in [9.17, 15) is 0 Å². The van der Waals surface area contributed by atoms with Gasteiger partial charge in [-0.3, -0.25) is 0 Å². The Labute approximate surface area is 197 Å². The van der Waals surface area contributed by atoms with Crippen LogP contribution in [0.2, 0.25) is 0 Å². The minimum absolute atomic E-state index is 1.34. The Bertz CT molecular complexity index is 321. The summed E-state index contributed by atoms with van der Waals surface area (Å²) in [5.74, 6) is -2.05. The van der Waals surface area contributed by atoms with E-state index >= 15 is 0 Å². The molecule has 0 aliphatic heterocycles. The predicted octanol–water partition coefficient (Wildman–Crippen LogP) is 11.6. The molecular formula is C28H60ClP. The third kappa shape index (κ3) is 16.4.